The van der Waals surface area contributed by atoms with Gasteiger partial charge in [0.25, 0.3) is 0 Å². The second-order valence-electron chi connectivity index (χ2n) is 6.46. The van der Waals surface area contributed by atoms with Gasteiger partial charge in [0.15, 0.2) is 5.60 Å². The zero-order chi connectivity index (χ0) is 19.5. The zero-order valence-corrected chi connectivity index (χ0v) is 14.6. The monoisotopic (exact) mass is 379 g/mol. The highest BCUT2D eigenvalue weighted by atomic mass is 19.4. The van der Waals surface area contributed by atoms with Crippen LogP contribution in [0.2, 0.25) is 0 Å². The Kier molecular flexibility index (Phi) is 5.36. The Morgan fingerprint density at radius 1 is 1.00 bits per heavy atom. The predicted molar refractivity (Wildman–Crippen MR) is 94.0 cm³/mol. The number of benzene rings is 1. The normalized spacial score (nSPS) is 17.5. The summed E-state index contributed by atoms with van der Waals surface area (Å²) in [4.78, 5) is 20.1. The van der Waals surface area contributed by atoms with Crippen molar-refractivity contribution in [3.63, 3.8) is 0 Å². The third-order valence-corrected chi connectivity index (χ3v) is 4.73. The lowest BCUT2D eigenvalue weighted by molar-refractivity contribution is -0.268. The molecule has 1 atom stereocenters. The molecular weight excluding hydrogens is 359 g/mol. The van der Waals surface area contributed by atoms with Gasteiger partial charge < -0.3 is 14.9 Å². The summed E-state index contributed by atoms with van der Waals surface area (Å²) in [6.45, 7) is 1.49. The van der Waals surface area contributed by atoms with E-state index in [2.05, 4.69) is 4.98 Å². The topological polar surface area (TPSA) is 56.7 Å². The molecule has 1 aliphatic heterocycles. The van der Waals surface area contributed by atoms with Crippen LogP contribution in [0, 0.1) is 0 Å². The largest absolute Gasteiger partial charge is 0.421 e. The van der Waals surface area contributed by atoms with Crippen LogP contribution in [0.1, 0.15) is 12.0 Å². The van der Waals surface area contributed by atoms with Crippen molar-refractivity contribution in [3.05, 3.63) is 60.3 Å². The smallest absolute Gasteiger partial charge is 0.376 e. The number of amides is 1. The first-order chi connectivity index (χ1) is 12.8. The standard InChI is InChI=1S/C19H20F3N3O2/c20-19(21,22)18(27,15-6-2-1-3-7-15)14-17(26)25-12-10-24(11-13-25)16-8-4-5-9-23-16/h1-9,27H,10-14H2/t18-/m1/s1. The van der Waals surface area contributed by atoms with Crippen LogP contribution < -0.4 is 4.90 Å². The number of nitrogens with zero attached hydrogens (tertiary/aromatic N) is 3. The summed E-state index contributed by atoms with van der Waals surface area (Å²) in [6, 6.07) is 12.2. The summed E-state index contributed by atoms with van der Waals surface area (Å²) in [5, 5.41) is 10.4. The molecule has 8 heteroatoms. The predicted octanol–water partition coefficient (Wildman–Crippen LogP) is 2.57. The van der Waals surface area contributed by atoms with Crippen LogP contribution in [0.15, 0.2) is 54.7 Å². The van der Waals surface area contributed by atoms with Crippen molar-refractivity contribution >= 4 is 11.7 Å². The number of anilines is 1. The Labute approximate surface area is 155 Å². The van der Waals surface area contributed by atoms with Gasteiger partial charge in [0.05, 0.1) is 6.42 Å². The molecule has 1 aromatic carbocycles. The fraction of sp³-hybridized carbons (Fsp3) is 0.368. The maximum Gasteiger partial charge on any atom is 0.421 e. The fourth-order valence-electron chi connectivity index (χ4n) is 3.14. The molecule has 0 aliphatic carbocycles. The van der Waals surface area contributed by atoms with Gasteiger partial charge >= 0.3 is 6.18 Å². The Bertz CT molecular complexity index is 763. The molecule has 0 radical (unpaired) electrons. The maximum absolute atomic E-state index is 13.6. The highest BCUT2D eigenvalue weighted by molar-refractivity contribution is 5.78. The van der Waals surface area contributed by atoms with E-state index in [9.17, 15) is 23.1 Å². The molecule has 1 aromatic heterocycles. The molecule has 1 N–H and O–H groups in total. The van der Waals surface area contributed by atoms with Gasteiger partial charge in [-0.25, -0.2) is 4.98 Å². The Morgan fingerprint density at radius 2 is 1.63 bits per heavy atom. The Balaban J connectivity index is 1.69. The van der Waals surface area contributed by atoms with Gasteiger partial charge in [0, 0.05) is 32.4 Å². The van der Waals surface area contributed by atoms with Crippen LogP contribution in [-0.4, -0.2) is 53.3 Å². The van der Waals surface area contributed by atoms with Gasteiger partial charge in [0.1, 0.15) is 5.82 Å². The van der Waals surface area contributed by atoms with Crippen LogP contribution in [0.5, 0.6) is 0 Å². The molecule has 0 saturated carbocycles. The molecule has 2 aromatic rings. The van der Waals surface area contributed by atoms with Crippen molar-refractivity contribution in [2.75, 3.05) is 31.1 Å². The van der Waals surface area contributed by atoms with Crippen molar-refractivity contribution in [1.29, 1.82) is 0 Å². The average molecular weight is 379 g/mol. The lowest BCUT2D eigenvalue weighted by atomic mass is 9.89. The Morgan fingerprint density at radius 3 is 2.19 bits per heavy atom. The lowest BCUT2D eigenvalue weighted by Crippen LogP contribution is -2.52. The zero-order valence-electron chi connectivity index (χ0n) is 14.6. The van der Waals surface area contributed by atoms with Gasteiger partial charge in [-0.05, 0) is 17.7 Å². The van der Waals surface area contributed by atoms with E-state index in [0.29, 0.717) is 13.1 Å². The quantitative estimate of drug-likeness (QED) is 0.887. The first-order valence-electron chi connectivity index (χ1n) is 8.60. The van der Waals surface area contributed by atoms with E-state index in [0.717, 1.165) is 5.82 Å². The van der Waals surface area contributed by atoms with E-state index in [-0.39, 0.29) is 18.7 Å². The number of rotatable bonds is 4. The van der Waals surface area contributed by atoms with Crippen molar-refractivity contribution in [2.45, 2.75) is 18.2 Å². The number of carbonyl (C=O) groups is 1. The van der Waals surface area contributed by atoms with Crippen molar-refractivity contribution in [2.24, 2.45) is 0 Å². The molecule has 0 spiro atoms. The highest BCUT2D eigenvalue weighted by Gasteiger charge is 2.56. The first kappa shape index (κ1) is 19.2. The number of hydrogen-bond acceptors (Lipinski definition) is 4. The number of piperazine rings is 1. The van der Waals surface area contributed by atoms with E-state index < -0.39 is 24.1 Å². The molecule has 1 aliphatic rings. The average Bonchev–Trinajstić information content (AvgIpc) is 2.68. The number of aromatic nitrogens is 1. The second kappa shape index (κ2) is 7.56. The van der Waals surface area contributed by atoms with E-state index in [4.69, 9.17) is 0 Å². The molecule has 27 heavy (non-hydrogen) atoms. The number of halogens is 3. The molecule has 1 amide bonds. The minimum Gasteiger partial charge on any atom is -0.376 e. The number of pyridine rings is 1. The maximum atomic E-state index is 13.6. The minimum absolute atomic E-state index is 0.276. The number of carbonyl (C=O) groups excluding carboxylic acids is 1. The number of alkyl halides is 3. The molecule has 1 saturated heterocycles. The molecule has 2 heterocycles. The summed E-state index contributed by atoms with van der Waals surface area (Å²) in [5.74, 6) is 0.0417. The highest BCUT2D eigenvalue weighted by Crippen LogP contribution is 2.42. The molecule has 0 bridgehead atoms. The summed E-state index contributed by atoms with van der Waals surface area (Å²) in [5.41, 5.74) is -3.54. The van der Waals surface area contributed by atoms with Gasteiger partial charge in [-0.3, -0.25) is 4.79 Å². The molecular formula is C19H20F3N3O2. The van der Waals surface area contributed by atoms with E-state index in [1.54, 1.807) is 18.3 Å². The minimum atomic E-state index is -4.96. The first-order valence-corrected chi connectivity index (χ1v) is 8.60. The van der Waals surface area contributed by atoms with Gasteiger partial charge in [0.2, 0.25) is 5.91 Å². The number of aliphatic hydroxyl groups is 1. The molecule has 1 fully saturated rings. The second-order valence-corrected chi connectivity index (χ2v) is 6.46. The SMILES string of the molecule is O=C(C[C@@](O)(c1ccccc1)C(F)(F)F)N1CCN(c2ccccn2)CC1. The van der Waals surface area contributed by atoms with Crippen LogP contribution in [0.3, 0.4) is 0 Å². The van der Waals surface area contributed by atoms with Crippen LogP contribution in [0.4, 0.5) is 19.0 Å². The van der Waals surface area contributed by atoms with Crippen molar-refractivity contribution < 1.29 is 23.1 Å². The van der Waals surface area contributed by atoms with E-state index in [1.165, 1.54) is 29.2 Å². The van der Waals surface area contributed by atoms with Gasteiger partial charge in [-0.2, -0.15) is 13.2 Å². The van der Waals surface area contributed by atoms with Gasteiger partial charge in [-0.15, -0.1) is 0 Å². The summed E-state index contributed by atoms with van der Waals surface area (Å²) >= 11 is 0. The summed E-state index contributed by atoms with van der Waals surface area (Å²) in [6.07, 6.45) is -4.33. The lowest BCUT2D eigenvalue weighted by Gasteiger charge is -2.37. The summed E-state index contributed by atoms with van der Waals surface area (Å²) < 4.78 is 40.7. The van der Waals surface area contributed by atoms with Crippen LogP contribution in [-0.2, 0) is 10.4 Å². The Hall–Kier alpha value is -2.61. The fourth-order valence-corrected chi connectivity index (χ4v) is 3.14. The van der Waals surface area contributed by atoms with Crippen LogP contribution >= 0.6 is 0 Å². The van der Waals surface area contributed by atoms with Gasteiger partial charge in [-0.1, -0.05) is 36.4 Å². The third kappa shape index (κ3) is 4.05. The van der Waals surface area contributed by atoms with Crippen molar-refractivity contribution in [3.8, 4) is 0 Å². The molecule has 144 valence electrons. The molecule has 0 unspecified atom stereocenters. The summed E-state index contributed by atoms with van der Waals surface area (Å²) in [7, 11) is 0. The van der Waals surface area contributed by atoms with Crippen LogP contribution in [0.25, 0.3) is 0 Å². The van der Waals surface area contributed by atoms with E-state index in [1.807, 2.05) is 17.0 Å². The number of hydrogen-bond donors (Lipinski definition) is 1. The molecule has 3 rings (SSSR count). The third-order valence-electron chi connectivity index (χ3n) is 4.73. The molecule has 5 nitrogen and oxygen atoms in total. The van der Waals surface area contributed by atoms with Crippen molar-refractivity contribution in [1.82, 2.24) is 9.88 Å². The van der Waals surface area contributed by atoms with E-state index >= 15 is 0 Å².